The monoisotopic (exact) mass is 252 g/mol. The average molecular weight is 252 g/mol. The highest BCUT2D eigenvalue weighted by molar-refractivity contribution is 6.03. The van der Waals surface area contributed by atoms with E-state index in [1.807, 2.05) is 30.3 Å². The molecule has 3 rings (SSSR count). The summed E-state index contributed by atoms with van der Waals surface area (Å²) in [5, 5.41) is 3.81. The number of aryl methyl sites for hydroxylation is 1. The molecule has 3 aromatic rings. The van der Waals surface area contributed by atoms with E-state index < -0.39 is 0 Å². The van der Waals surface area contributed by atoms with Crippen molar-refractivity contribution in [1.29, 1.82) is 0 Å². The second kappa shape index (κ2) is 4.53. The van der Waals surface area contributed by atoms with Gasteiger partial charge in [-0.15, -0.1) is 0 Å². The second-order valence-electron chi connectivity index (χ2n) is 4.25. The van der Waals surface area contributed by atoms with Crippen LogP contribution in [0.25, 0.3) is 10.9 Å². The molecule has 0 bridgehead atoms. The molecule has 0 aliphatic carbocycles. The van der Waals surface area contributed by atoms with E-state index >= 15 is 0 Å². The summed E-state index contributed by atoms with van der Waals surface area (Å²) in [6.07, 6.45) is 3.27. The first-order valence-electron chi connectivity index (χ1n) is 5.90. The fourth-order valence-corrected chi connectivity index (χ4v) is 1.89. The quantitative estimate of drug-likeness (QED) is 0.736. The van der Waals surface area contributed by atoms with Gasteiger partial charge in [-0.05, 0) is 31.2 Å². The number of carbonyl (C=O) groups excluding carboxylic acids is 1. The third-order valence-electron chi connectivity index (χ3n) is 2.81. The number of hydrogen-bond acceptors (Lipinski definition) is 3. The van der Waals surface area contributed by atoms with Crippen molar-refractivity contribution in [3.05, 3.63) is 54.2 Å². The molecule has 1 amide bonds. The summed E-state index contributed by atoms with van der Waals surface area (Å²) in [6, 6.07) is 9.42. The molecular formula is C14H12N4O. The van der Waals surface area contributed by atoms with Crippen molar-refractivity contribution < 1.29 is 4.79 Å². The summed E-state index contributed by atoms with van der Waals surface area (Å²) >= 11 is 0. The summed E-state index contributed by atoms with van der Waals surface area (Å²) in [4.78, 5) is 23.1. The van der Waals surface area contributed by atoms with Gasteiger partial charge in [0, 0.05) is 17.3 Å². The van der Waals surface area contributed by atoms with Crippen LogP contribution in [-0.4, -0.2) is 20.9 Å². The second-order valence-corrected chi connectivity index (χ2v) is 4.25. The minimum atomic E-state index is -0.205. The van der Waals surface area contributed by atoms with Gasteiger partial charge in [0.1, 0.15) is 11.5 Å². The molecule has 19 heavy (non-hydrogen) atoms. The Labute approximate surface area is 109 Å². The van der Waals surface area contributed by atoms with Crippen LogP contribution < -0.4 is 5.32 Å². The molecule has 5 nitrogen and oxygen atoms in total. The third kappa shape index (κ3) is 2.30. The summed E-state index contributed by atoms with van der Waals surface area (Å²) in [7, 11) is 0. The van der Waals surface area contributed by atoms with E-state index in [2.05, 4.69) is 20.3 Å². The van der Waals surface area contributed by atoms with Crippen molar-refractivity contribution in [3.63, 3.8) is 0 Å². The molecule has 1 aromatic carbocycles. The number of aromatic amines is 1. The number of aromatic nitrogens is 3. The molecule has 5 heteroatoms. The van der Waals surface area contributed by atoms with Crippen LogP contribution in [0.5, 0.6) is 0 Å². The average Bonchev–Trinajstić information content (AvgIpc) is 2.85. The minimum Gasteiger partial charge on any atom is -0.338 e. The first-order valence-corrected chi connectivity index (χ1v) is 5.90. The molecule has 0 saturated carbocycles. The highest BCUT2D eigenvalue weighted by Crippen LogP contribution is 2.17. The summed E-state index contributed by atoms with van der Waals surface area (Å²) in [6.45, 7) is 1.80. The van der Waals surface area contributed by atoms with E-state index in [-0.39, 0.29) is 5.91 Å². The molecule has 0 saturated heterocycles. The van der Waals surface area contributed by atoms with Gasteiger partial charge in [0.2, 0.25) is 0 Å². The highest BCUT2D eigenvalue weighted by atomic mass is 16.1. The molecule has 0 atom stereocenters. The number of hydrogen-bond donors (Lipinski definition) is 2. The number of nitrogens with one attached hydrogen (secondary N) is 2. The number of benzene rings is 1. The number of imidazole rings is 1. The van der Waals surface area contributed by atoms with Gasteiger partial charge in [0.05, 0.1) is 11.7 Å². The van der Waals surface area contributed by atoms with Gasteiger partial charge in [-0.3, -0.25) is 9.78 Å². The van der Waals surface area contributed by atoms with Crippen molar-refractivity contribution in [2.45, 2.75) is 6.92 Å². The number of amides is 1. The number of fused-ring (bicyclic) bond motifs is 1. The zero-order valence-corrected chi connectivity index (χ0v) is 10.3. The molecule has 0 aliphatic rings. The normalized spacial score (nSPS) is 10.6. The van der Waals surface area contributed by atoms with E-state index in [9.17, 15) is 4.79 Å². The maximum Gasteiger partial charge on any atom is 0.273 e. The standard InChI is InChI=1S/C14H12N4O/c1-9-16-8-13(17-9)14(19)18-11-4-5-12-10(7-11)3-2-6-15-12/h2-8H,1H3,(H,16,17)(H,18,19). The Morgan fingerprint density at radius 3 is 2.95 bits per heavy atom. The smallest absolute Gasteiger partial charge is 0.273 e. The van der Waals surface area contributed by atoms with E-state index in [1.54, 1.807) is 13.1 Å². The number of nitrogens with zero attached hydrogens (tertiary/aromatic N) is 2. The minimum absolute atomic E-state index is 0.205. The summed E-state index contributed by atoms with van der Waals surface area (Å²) < 4.78 is 0. The molecule has 2 heterocycles. The Hall–Kier alpha value is -2.69. The van der Waals surface area contributed by atoms with Crippen molar-refractivity contribution in [1.82, 2.24) is 15.0 Å². The van der Waals surface area contributed by atoms with E-state index in [1.165, 1.54) is 6.20 Å². The van der Waals surface area contributed by atoms with Gasteiger partial charge in [-0.2, -0.15) is 0 Å². The van der Waals surface area contributed by atoms with Gasteiger partial charge < -0.3 is 10.3 Å². The lowest BCUT2D eigenvalue weighted by Gasteiger charge is -2.04. The van der Waals surface area contributed by atoms with Crippen LogP contribution in [0.4, 0.5) is 5.69 Å². The molecule has 0 radical (unpaired) electrons. The SMILES string of the molecule is Cc1ncc(C(=O)Nc2ccc3ncccc3c2)[nH]1. The van der Waals surface area contributed by atoms with Gasteiger partial charge in [-0.25, -0.2) is 4.98 Å². The molecule has 94 valence electrons. The maximum absolute atomic E-state index is 12.0. The Bertz CT molecular complexity index is 748. The van der Waals surface area contributed by atoms with Crippen LogP contribution in [-0.2, 0) is 0 Å². The number of anilines is 1. The molecule has 0 aliphatic heterocycles. The largest absolute Gasteiger partial charge is 0.338 e. The highest BCUT2D eigenvalue weighted by Gasteiger charge is 2.08. The molecule has 0 spiro atoms. The number of H-pyrrole nitrogens is 1. The summed E-state index contributed by atoms with van der Waals surface area (Å²) in [5.74, 6) is 0.511. The van der Waals surface area contributed by atoms with Crippen LogP contribution in [0, 0.1) is 6.92 Å². The van der Waals surface area contributed by atoms with Gasteiger partial charge >= 0.3 is 0 Å². The van der Waals surface area contributed by atoms with Crippen LogP contribution in [0.1, 0.15) is 16.3 Å². The number of pyridine rings is 1. The Kier molecular flexibility index (Phi) is 2.72. The number of carbonyl (C=O) groups is 1. The molecular weight excluding hydrogens is 240 g/mol. The fraction of sp³-hybridized carbons (Fsp3) is 0.0714. The Morgan fingerprint density at radius 1 is 1.26 bits per heavy atom. The van der Waals surface area contributed by atoms with Gasteiger partial charge in [-0.1, -0.05) is 6.07 Å². The lowest BCUT2D eigenvalue weighted by molar-refractivity contribution is 0.102. The van der Waals surface area contributed by atoms with Crippen LogP contribution in [0.2, 0.25) is 0 Å². The third-order valence-corrected chi connectivity index (χ3v) is 2.81. The predicted octanol–water partition coefficient (Wildman–Crippen LogP) is 2.52. The van der Waals surface area contributed by atoms with Gasteiger partial charge in [0.15, 0.2) is 0 Å². The zero-order valence-electron chi connectivity index (χ0n) is 10.3. The molecule has 0 unspecified atom stereocenters. The van der Waals surface area contributed by atoms with Crippen molar-refractivity contribution in [2.75, 3.05) is 5.32 Å². The van der Waals surface area contributed by atoms with Crippen LogP contribution >= 0.6 is 0 Å². The van der Waals surface area contributed by atoms with E-state index in [4.69, 9.17) is 0 Å². The van der Waals surface area contributed by atoms with Crippen molar-refractivity contribution in [3.8, 4) is 0 Å². The lowest BCUT2D eigenvalue weighted by Crippen LogP contribution is -2.12. The first kappa shape index (κ1) is 11.4. The van der Waals surface area contributed by atoms with Crippen LogP contribution in [0.3, 0.4) is 0 Å². The fourth-order valence-electron chi connectivity index (χ4n) is 1.89. The van der Waals surface area contributed by atoms with E-state index in [0.29, 0.717) is 11.5 Å². The predicted molar refractivity (Wildman–Crippen MR) is 73.0 cm³/mol. The lowest BCUT2D eigenvalue weighted by atomic mass is 10.2. The van der Waals surface area contributed by atoms with Crippen molar-refractivity contribution in [2.24, 2.45) is 0 Å². The topological polar surface area (TPSA) is 70.7 Å². The first-order chi connectivity index (χ1) is 9.22. The molecule has 2 N–H and O–H groups in total. The zero-order chi connectivity index (χ0) is 13.2. The van der Waals surface area contributed by atoms with E-state index in [0.717, 1.165) is 16.6 Å². The summed E-state index contributed by atoms with van der Waals surface area (Å²) in [5.41, 5.74) is 2.08. The molecule has 2 aromatic heterocycles. The number of rotatable bonds is 2. The van der Waals surface area contributed by atoms with Gasteiger partial charge in [0.25, 0.3) is 5.91 Å². The molecule has 0 fully saturated rings. The van der Waals surface area contributed by atoms with Crippen LogP contribution in [0.15, 0.2) is 42.7 Å². The Balaban J connectivity index is 1.87. The maximum atomic E-state index is 12.0. The van der Waals surface area contributed by atoms with Crippen molar-refractivity contribution >= 4 is 22.5 Å². The Morgan fingerprint density at radius 2 is 2.16 bits per heavy atom.